The fourth-order valence-electron chi connectivity index (χ4n) is 3.00. The Morgan fingerprint density at radius 3 is 2.52 bits per heavy atom. The molecular weight excluding hydrogens is 339 g/mol. The van der Waals surface area contributed by atoms with E-state index in [-0.39, 0.29) is 10.9 Å². The van der Waals surface area contributed by atoms with Gasteiger partial charge in [-0.05, 0) is 55.7 Å². The molecule has 0 radical (unpaired) electrons. The molecule has 0 aliphatic carbocycles. The predicted molar refractivity (Wildman–Crippen MR) is 97.4 cm³/mol. The number of aryl methyl sites for hydroxylation is 2. The van der Waals surface area contributed by atoms with Gasteiger partial charge in [-0.15, -0.1) is 0 Å². The summed E-state index contributed by atoms with van der Waals surface area (Å²) in [6.07, 6.45) is 3.54. The van der Waals surface area contributed by atoms with E-state index in [0.29, 0.717) is 6.42 Å². The zero-order valence-corrected chi connectivity index (χ0v) is 15.1. The van der Waals surface area contributed by atoms with E-state index in [9.17, 15) is 12.8 Å². The van der Waals surface area contributed by atoms with E-state index in [2.05, 4.69) is 27.6 Å². The van der Waals surface area contributed by atoms with Crippen LogP contribution >= 0.6 is 0 Å². The number of rotatable bonds is 6. The molecule has 0 saturated heterocycles. The zero-order chi connectivity index (χ0) is 18.0. The zero-order valence-electron chi connectivity index (χ0n) is 14.2. The number of hydrogen-bond acceptors (Lipinski definition) is 2. The molecule has 3 rings (SSSR count). The maximum absolute atomic E-state index is 13.0. The van der Waals surface area contributed by atoms with Crippen LogP contribution in [-0.4, -0.2) is 19.0 Å². The summed E-state index contributed by atoms with van der Waals surface area (Å²) in [5.74, 6) is -0.456. The van der Waals surface area contributed by atoms with Crippen molar-refractivity contribution in [2.24, 2.45) is 7.05 Å². The summed E-state index contributed by atoms with van der Waals surface area (Å²) in [4.78, 5) is 0.0749. The van der Waals surface area contributed by atoms with Crippen molar-refractivity contribution < 1.29 is 12.8 Å². The number of benzene rings is 2. The lowest BCUT2D eigenvalue weighted by atomic mass is 10.1. The highest BCUT2D eigenvalue weighted by Crippen LogP contribution is 2.22. The summed E-state index contributed by atoms with van der Waals surface area (Å²) >= 11 is 0. The highest BCUT2D eigenvalue weighted by atomic mass is 32.2. The first-order valence-electron chi connectivity index (χ1n) is 8.17. The first-order valence-corrected chi connectivity index (χ1v) is 9.66. The van der Waals surface area contributed by atoms with Crippen molar-refractivity contribution in [2.75, 3.05) is 0 Å². The number of para-hydroxylation sites is 1. The second-order valence-electron chi connectivity index (χ2n) is 6.30. The normalized spacial score (nSPS) is 13.2. The monoisotopic (exact) mass is 360 g/mol. The molecule has 4 nitrogen and oxygen atoms in total. The average molecular weight is 360 g/mol. The Hall–Kier alpha value is -2.18. The third-order valence-electron chi connectivity index (χ3n) is 4.31. The number of nitrogens with zero attached hydrogens (tertiary/aromatic N) is 1. The van der Waals surface area contributed by atoms with E-state index in [4.69, 9.17) is 0 Å². The Morgan fingerprint density at radius 1 is 1.12 bits per heavy atom. The number of hydrogen-bond donors (Lipinski definition) is 1. The summed E-state index contributed by atoms with van der Waals surface area (Å²) in [7, 11) is -1.63. The minimum Gasteiger partial charge on any atom is -0.350 e. The van der Waals surface area contributed by atoms with Gasteiger partial charge in [-0.2, -0.15) is 0 Å². The van der Waals surface area contributed by atoms with Crippen LogP contribution in [0.25, 0.3) is 10.9 Å². The molecule has 1 N–H and O–H groups in total. The SMILES string of the molecule is CC(CCc1cn(C)c2ccccc12)NS(=O)(=O)c1ccc(F)cc1. The standard InChI is InChI=1S/C19H21FN2O2S/c1-14(21-25(23,24)17-11-9-16(20)10-12-17)7-8-15-13-22(2)19-6-4-3-5-18(15)19/h3-6,9-14,21H,7-8H2,1-2H3. The number of nitrogens with one attached hydrogen (secondary N) is 1. The van der Waals surface area contributed by atoms with E-state index in [1.807, 2.05) is 26.1 Å². The van der Waals surface area contributed by atoms with Gasteiger partial charge in [0.2, 0.25) is 10.0 Å². The second kappa shape index (κ2) is 6.98. The molecule has 1 aromatic heterocycles. The molecule has 0 bridgehead atoms. The summed E-state index contributed by atoms with van der Waals surface area (Å²) in [6, 6.07) is 12.8. The minimum absolute atomic E-state index is 0.0749. The van der Waals surface area contributed by atoms with Crippen LogP contribution in [0.15, 0.2) is 59.6 Å². The van der Waals surface area contributed by atoms with Crippen molar-refractivity contribution in [2.45, 2.75) is 30.7 Å². The molecule has 25 heavy (non-hydrogen) atoms. The molecule has 1 heterocycles. The molecule has 0 amide bonds. The van der Waals surface area contributed by atoms with Gasteiger partial charge in [0.15, 0.2) is 0 Å². The highest BCUT2D eigenvalue weighted by Gasteiger charge is 2.17. The third-order valence-corrected chi connectivity index (χ3v) is 5.91. The molecule has 0 aliphatic rings. The highest BCUT2D eigenvalue weighted by molar-refractivity contribution is 7.89. The topological polar surface area (TPSA) is 51.1 Å². The van der Waals surface area contributed by atoms with Gasteiger partial charge in [-0.3, -0.25) is 0 Å². The molecule has 1 atom stereocenters. The van der Waals surface area contributed by atoms with Crippen molar-refractivity contribution in [3.05, 3.63) is 66.1 Å². The van der Waals surface area contributed by atoms with Gasteiger partial charge in [0.1, 0.15) is 5.82 Å². The lowest BCUT2D eigenvalue weighted by molar-refractivity contribution is 0.546. The fourth-order valence-corrected chi connectivity index (χ4v) is 4.28. The van der Waals surface area contributed by atoms with Crippen molar-refractivity contribution in [3.63, 3.8) is 0 Å². The van der Waals surface area contributed by atoms with E-state index >= 15 is 0 Å². The van der Waals surface area contributed by atoms with Crippen LogP contribution in [0.2, 0.25) is 0 Å². The van der Waals surface area contributed by atoms with Gasteiger partial charge in [-0.25, -0.2) is 17.5 Å². The summed E-state index contributed by atoms with van der Waals surface area (Å²) < 4.78 is 42.4. The van der Waals surface area contributed by atoms with Crippen LogP contribution < -0.4 is 4.72 Å². The number of aromatic nitrogens is 1. The Morgan fingerprint density at radius 2 is 1.80 bits per heavy atom. The van der Waals surface area contributed by atoms with Crippen LogP contribution in [0, 0.1) is 5.82 Å². The van der Waals surface area contributed by atoms with Crippen molar-refractivity contribution in [1.29, 1.82) is 0 Å². The quantitative estimate of drug-likeness (QED) is 0.730. The van der Waals surface area contributed by atoms with Crippen molar-refractivity contribution in [1.82, 2.24) is 9.29 Å². The van der Waals surface area contributed by atoms with Gasteiger partial charge in [0, 0.05) is 30.2 Å². The van der Waals surface area contributed by atoms with Crippen LogP contribution in [-0.2, 0) is 23.5 Å². The maximum Gasteiger partial charge on any atom is 0.240 e. The molecule has 6 heteroatoms. The second-order valence-corrected chi connectivity index (χ2v) is 8.01. The minimum atomic E-state index is -3.64. The Labute approximate surface area is 147 Å². The first kappa shape index (κ1) is 17.6. The Balaban J connectivity index is 1.68. The Bertz CT molecular complexity index is 978. The summed E-state index contributed by atoms with van der Waals surface area (Å²) in [6.45, 7) is 1.84. The molecular formula is C19H21FN2O2S. The van der Waals surface area contributed by atoms with E-state index in [1.54, 1.807) is 0 Å². The lowest BCUT2D eigenvalue weighted by Gasteiger charge is -2.14. The molecule has 0 saturated carbocycles. The molecule has 1 unspecified atom stereocenters. The Kier molecular flexibility index (Phi) is 4.92. The molecule has 0 spiro atoms. The van der Waals surface area contributed by atoms with Gasteiger partial charge >= 0.3 is 0 Å². The van der Waals surface area contributed by atoms with E-state index < -0.39 is 15.8 Å². The third kappa shape index (κ3) is 3.91. The largest absolute Gasteiger partial charge is 0.350 e. The van der Waals surface area contributed by atoms with Gasteiger partial charge in [0.25, 0.3) is 0 Å². The first-order chi connectivity index (χ1) is 11.9. The molecule has 2 aromatic carbocycles. The van der Waals surface area contributed by atoms with Gasteiger partial charge in [0.05, 0.1) is 4.90 Å². The van der Waals surface area contributed by atoms with Gasteiger partial charge in [-0.1, -0.05) is 18.2 Å². The summed E-state index contributed by atoms with van der Waals surface area (Å²) in [5.41, 5.74) is 2.36. The van der Waals surface area contributed by atoms with Crippen LogP contribution in [0.4, 0.5) is 4.39 Å². The lowest BCUT2D eigenvalue weighted by Crippen LogP contribution is -2.32. The predicted octanol–water partition coefficient (Wildman–Crippen LogP) is 3.62. The number of sulfonamides is 1. The molecule has 0 aliphatic heterocycles. The van der Waals surface area contributed by atoms with Gasteiger partial charge < -0.3 is 4.57 Å². The summed E-state index contributed by atoms with van der Waals surface area (Å²) in [5, 5.41) is 1.19. The van der Waals surface area contributed by atoms with Crippen LogP contribution in [0.3, 0.4) is 0 Å². The van der Waals surface area contributed by atoms with Crippen molar-refractivity contribution >= 4 is 20.9 Å². The maximum atomic E-state index is 13.0. The average Bonchev–Trinajstić information content (AvgIpc) is 2.90. The molecule has 3 aromatic rings. The number of fused-ring (bicyclic) bond motifs is 1. The smallest absolute Gasteiger partial charge is 0.240 e. The van der Waals surface area contributed by atoms with E-state index in [0.717, 1.165) is 24.1 Å². The fraction of sp³-hybridized carbons (Fsp3) is 0.263. The number of halogens is 1. The van der Waals surface area contributed by atoms with Crippen LogP contribution in [0.5, 0.6) is 0 Å². The molecule has 0 fully saturated rings. The van der Waals surface area contributed by atoms with Crippen molar-refractivity contribution in [3.8, 4) is 0 Å². The molecule has 132 valence electrons. The van der Waals surface area contributed by atoms with E-state index in [1.165, 1.54) is 23.1 Å². The van der Waals surface area contributed by atoms with Crippen LogP contribution in [0.1, 0.15) is 18.9 Å².